The fraction of sp³-hybridized carbons (Fsp3) is 0.111. The van der Waals surface area contributed by atoms with Crippen LogP contribution in [0, 0.1) is 0 Å². The Hall–Kier alpha value is -2.84. The molecule has 0 saturated carbocycles. The van der Waals surface area contributed by atoms with Gasteiger partial charge in [0.25, 0.3) is 5.56 Å². The number of para-hydroxylation sites is 2. The minimum atomic E-state index is -0.942. The van der Waals surface area contributed by atoms with E-state index in [1.54, 1.807) is 55.5 Å². The van der Waals surface area contributed by atoms with E-state index in [0.717, 1.165) is 11.8 Å². The molecule has 1 atom stereocenters. The molecule has 3 aromatic rings. The number of imide groups is 1. The fourth-order valence-corrected chi connectivity index (χ4v) is 3.61. The summed E-state index contributed by atoms with van der Waals surface area (Å²) in [6.45, 7) is 1.58. The molecule has 0 saturated heterocycles. The van der Waals surface area contributed by atoms with Crippen LogP contribution in [-0.2, 0) is 4.79 Å². The number of nitrogens with one attached hydrogen (secondary N) is 1. The van der Waals surface area contributed by atoms with Crippen molar-refractivity contribution in [1.29, 1.82) is 0 Å². The van der Waals surface area contributed by atoms with E-state index in [-0.39, 0.29) is 10.7 Å². The number of nitrogens with zero attached hydrogens (tertiary/aromatic N) is 2. The second-order valence-electron chi connectivity index (χ2n) is 5.62. The van der Waals surface area contributed by atoms with Crippen molar-refractivity contribution >= 4 is 46.2 Å². The number of urea groups is 1. The third-order valence-corrected chi connectivity index (χ3v) is 5.11. The second kappa shape index (κ2) is 7.81. The van der Waals surface area contributed by atoms with Crippen LogP contribution in [0.3, 0.4) is 0 Å². The van der Waals surface area contributed by atoms with Gasteiger partial charge in [0.05, 0.1) is 26.9 Å². The monoisotopic (exact) mass is 402 g/mol. The molecule has 27 heavy (non-hydrogen) atoms. The van der Waals surface area contributed by atoms with Gasteiger partial charge in [0.1, 0.15) is 0 Å². The van der Waals surface area contributed by atoms with E-state index in [1.807, 2.05) is 5.32 Å². The van der Waals surface area contributed by atoms with Gasteiger partial charge in [-0.05, 0) is 31.2 Å². The Labute approximate surface area is 163 Å². The number of amides is 3. The summed E-state index contributed by atoms with van der Waals surface area (Å²) < 4.78 is 1.36. The number of carbonyl (C=O) groups excluding carboxylic acids is 2. The Morgan fingerprint density at radius 1 is 1.19 bits per heavy atom. The van der Waals surface area contributed by atoms with E-state index < -0.39 is 17.2 Å². The molecule has 1 aromatic heterocycles. The number of nitrogens with two attached hydrogens (primary N) is 1. The van der Waals surface area contributed by atoms with Crippen molar-refractivity contribution < 1.29 is 9.59 Å². The van der Waals surface area contributed by atoms with E-state index in [4.69, 9.17) is 17.3 Å². The predicted octanol–water partition coefficient (Wildman–Crippen LogP) is 2.71. The number of rotatable bonds is 4. The topological polar surface area (TPSA) is 107 Å². The third kappa shape index (κ3) is 3.96. The number of primary amides is 1. The van der Waals surface area contributed by atoms with E-state index in [1.165, 1.54) is 4.57 Å². The van der Waals surface area contributed by atoms with Crippen molar-refractivity contribution in [3.8, 4) is 5.69 Å². The summed E-state index contributed by atoms with van der Waals surface area (Å²) in [5.41, 5.74) is 5.64. The van der Waals surface area contributed by atoms with Gasteiger partial charge in [0.15, 0.2) is 5.16 Å². The summed E-state index contributed by atoms with van der Waals surface area (Å²) in [5.74, 6) is -0.583. The molecule has 0 bridgehead atoms. The van der Waals surface area contributed by atoms with Crippen LogP contribution in [0.1, 0.15) is 6.92 Å². The molecule has 3 rings (SSSR count). The summed E-state index contributed by atoms with van der Waals surface area (Å²) in [6.07, 6.45) is 0. The molecular formula is C18H15ClN4O3S. The van der Waals surface area contributed by atoms with Crippen LogP contribution < -0.4 is 16.6 Å². The standard InChI is InChI=1S/C18H15ClN4O3S/c1-10(15(24)22-17(20)26)27-18-21-13-8-4-2-6-11(13)16(25)23(18)14-9-5-3-7-12(14)19/h2-10H,1H3,(H3,20,22,24,26)/t10-/m0/s1. The number of hydrogen-bond donors (Lipinski definition) is 2. The molecule has 3 amide bonds. The van der Waals surface area contributed by atoms with Crippen molar-refractivity contribution in [2.45, 2.75) is 17.3 Å². The van der Waals surface area contributed by atoms with Gasteiger partial charge in [-0.3, -0.25) is 19.5 Å². The predicted molar refractivity (Wildman–Crippen MR) is 105 cm³/mol. The second-order valence-corrected chi connectivity index (χ2v) is 7.33. The van der Waals surface area contributed by atoms with E-state index >= 15 is 0 Å². The first-order valence-corrected chi connectivity index (χ1v) is 9.18. The van der Waals surface area contributed by atoms with Crippen molar-refractivity contribution in [2.24, 2.45) is 5.73 Å². The lowest BCUT2D eigenvalue weighted by molar-refractivity contribution is -0.119. The van der Waals surface area contributed by atoms with Crippen LogP contribution in [0.5, 0.6) is 0 Å². The highest BCUT2D eigenvalue weighted by atomic mass is 35.5. The number of aromatic nitrogens is 2. The molecule has 0 aliphatic rings. The maximum absolute atomic E-state index is 13.1. The van der Waals surface area contributed by atoms with Crippen molar-refractivity contribution in [3.05, 3.63) is 63.9 Å². The molecule has 0 fully saturated rings. The first-order valence-electron chi connectivity index (χ1n) is 7.92. The zero-order valence-corrected chi connectivity index (χ0v) is 15.8. The SMILES string of the molecule is C[C@H](Sc1nc2ccccc2c(=O)n1-c1ccccc1Cl)C(=O)NC(N)=O. The number of halogens is 1. The molecule has 0 aliphatic carbocycles. The first kappa shape index (κ1) is 18.9. The molecule has 0 spiro atoms. The van der Waals surface area contributed by atoms with Gasteiger partial charge in [-0.25, -0.2) is 9.78 Å². The average molecular weight is 403 g/mol. The van der Waals surface area contributed by atoms with Crippen LogP contribution in [-0.4, -0.2) is 26.7 Å². The maximum Gasteiger partial charge on any atom is 0.318 e. The lowest BCUT2D eigenvalue weighted by atomic mass is 10.2. The van der Waals surface area contributed by atoms with Crippen LogP contribution in [0.25, 0.3) is 16.6 Å². The Kier molecular flexibility index (Phi) is 5.48. The summed E-state index contributed by atoms with van der Waals surface area (Å²) in [6, 6.07) is 12.8. The number of benzene rings is 2. The number of thioether (sulfide) groups is 1. The van der Waals surface area contributed by atoms with Gasteiger partial charge in [-0.2, -0.15) is 0 Å². The molecule has 7 nitrogen and oxygen atoms in total. The van der Waals surface area contributed by atoms with Crippen LogP contribution in [0.2, 0.25) is 5.02 Å². The van der Waals surface area contributed by atoms with Crippen LogP contribution in [0.15, 0.2) is 58.5 Å². The quantitative estimate of drug-likeness (QED) is 0.515. The Balaban J connectivity index is 2.17. The average Bonchev–Trinajstić information content (AvgIpc) is 2.62. The lowest BCUT2D eigenvalue weighted by Crippen LogP contribution is -2.39. The van der Waals surface area contributed by atoms with Crippen LogP contribution in [0.4, 0.5) is 4.79 Å². The van der Waals surface area contributed by atoms with Gasteiger partial charge in [0.2, 0.25) is 5.91 Å². The Morgan fingerprint density at radius 2 is 1.85 bits per heavy atom. The number of hydrogen-bond acceptors (Lipinski definition) is 5. The van der Waals surface area contributed by atoms with Crippen molar-refractivity contribution in [3.63, 3.8) is 0 Å². The number of fused-ring (bicyclic) bond motifs is 1. The molecular weight excluding hydrogens is 388 g/mol. The normalized spacial score (nSPS) is 11.9. The zero-order valence-electron chi connectivity index (χ0n) is 14.2. The highest BCUT2D eigenvalue weighted by Gasteiger charge is 2.21. The minimum Gasteiger partial charge on any atom is -0.351 e. The highest BCUT2D eigenvalue weighted by molar-refractivity contribution is 8.00. The summed E-state index contributed by atoms with van der Waals surface area (Å²) in [5, 5.41) is 2.37. The van der Waals surface area contributed by atoms with E-state index in [9.17, 15) is 14.4 Å². The number of carbonyl (C=O) groups is 2. The molecule has 138 valence electrons. The van der Waals surface area contributed by atoms with E-state index in [2.05, 4.69) is 4.98 Å². The maximum atomic E-state index is 13.1. The summed E-state index contributed by atoms with van der Waals surface area (Å²) in [7, 11) is 0. The molecule has 1 heterocycles. The summed E-state index contributed by atoms with van der Waals surface area (Å²) >= 11 is 7.31. The Bertz CT molecular complexity index is 1100. The van der Waals surface area contributed by atoms with Crippen LogP contribution >= 0.6 is 23.4 Å². The molecule has 0 radical (unpaired) electrons. The molecule has 0 aliphatic heterocycles. The molecule has 2 aromatic carbocycles. The smallest absolute Gasteiger partial charge is 0.318 e. The largest absolute Gasteiger partial charge is 0.351 e. The van der Waals surface area contributed by atoms with Crippen molar-refractivity contribution in [2.75, 3.05) is 0 Å². The summed E-state index contributed by atoms with van der Waals surface area (Å²) in [4.78, 5) is 40.6. The van der Waals surface area contributed by atoms with Gasteiger partial charge in [-0.1, -0.05) is 47.6 Å². The lowest BCUT2D eigenvalue weighted by Gasteiger charge is -2.16. The van der Waals surface area contributed by atoms with Gasteiger partial charge < -0.3 is 5.73 Å². The van der Waals surface area contributed by atoms with Gasteiger partial charge in [0, 0.05) is 0 Å². The van der Waals surface area contributed by atoms with Crippen molar-refractivity contribution in [1.82, 2.24) is 14.9 Å². The van der Waals surface area contributed by atoms with Gasteiger partial charge >= 0.3 is 6.03 Å². The van der Waals surface area contributed by atoms with Gasteiger partial charge in [-0.15, -0.1) is 0 Å². The third-order valence-electron chi connectivity index (χ3n) is 3.74. The minimum absolute atomic E-state index is 0.277. The molecule has 0 unspecified atom stereocenters. The highest BCUT2D eigenvalue weighted by Crippen LogP contribution is 2.28. The van der Waals surface area contributed by atoms with E-state index in [0.29, 0.717) is 21.6 Å². The Morgan fingerprint density at radius 3 is 2.56 bits per heavy atom. The molecule has 9 heteroatoms. The first-order chi connectivity index (χ1) is 12.9. The zero-order chi connectivity index (χ0) is 19.6. The molecule has 3 N–H and O–H groups in total. The fourth-order valence-electron chi connectivity index (χ4n) is 2.47.